The van der Waals surface area contributed by atoms with E-state index in [2.05, 4.69) is 26.5 Å². The number of hydrogen-bond donors (Lipinski definition) is 2. The molecule has 0 aromatic heterocycles. The highest BCUT2D eigenvalue weighted by Gasteiger charge is 2.05. The van der Waals surface area contributed by atoms with Crippen molar-refractivity contribution in [1.29, 1.82) is 0 Å². The molecule has 6 nitrogen and oxygen atoms in total. The summed E-state index contributed by atoms with van der Waals surface area (Å²) in [5, 5.41) is 12.5. The normalized spacial score (nSPS) is 10.5. The Hall–Kier alpha value is -2.67. The molecule has 0 aliphatic heterocycles. The molecule has 0 saturated heterocycles. The Kier molecular flexibility index (Phi) is 6.51. The highest BCUT2D eigenvalue weighted by atomic mass is 79.9. The number of amides is 1. The van der Waals surface area contributed by atoms with Crippen molar-refractivity contribution < 1.29 is 19.4 Å². The zero-order valence-corrected chi connectivity index (χ0v) is 14.2. The third-order valence-corrected chi connectivity index (χ3v) is 3.47. The summed E-state index contributed by atoms with van der Waals surface area (Å²) in [5.41, 5.74) is 3.88. The molecule has 0 saturated carbocycles. The summed E-state index contributed by atoms with van der Waals surface area (Å²) in [6.45, 7) is -0.444. The van der Waals surface area contributed by atoms with Gasteiger partial charge in [0.15, 0.2) is 6.61 Å². The first kappa shape index (κ1) is 17.7. The Morgan fingerprint density at radius 1 is 1.17 bits per heavy atom. The van der Waals surface area contributed by atoms with Crippen molar-refractivity contribution >= 4 is 34.0 Å². The Morgan fingerprint density at radius 3 is 2.58 bits per heavy atom. The number of carbonyl (C=O) groups is 2. The molecule has 24 heavy (non-hydrogen) atoms. The lowest BCUT2D eigenvalue weighted by Crippen LogP contribution is -2.19. The molecule has 0 radical (unpaired) electrons. The fourth-order valence-electron chi connectivity index (χ4n) is 1.86. The standard InChI is InChI=1S/C17H15BrN2O4/c18-14-7-5-12(6-8-14)9-16(21)20-19-10-13-3-1-2-4-15(13)24-11-17(22)23/h1-8,10H,9,11H2,(H,20,21)(H,22,23)/b19-10+. The topological polar surface area (TPSA) is 88.0 Å². The van der Waals surface area contributed by atoms with Gasteiger partial charge in [-0.1, -0.05) is 40.2 Å². The van der Waals surface area contributed by atoms with Crippen LogP contribution in [-0.2, 0) is 16.0 Å². The van der Waals surface area contributed by atoms with Crippen LogP contribution in [0, 0.1) is 0 Å². The van der Waals surface area contributed by atoms with Gasteiger partial charge in [0, 0.05) is 10.0 Å². The number of nitrogens with zero attached hydrogens (tertiary/aromatic N) is 1. The average molecular weight is 391 g/mol. The minimum absolute atomic E-state index is 0.210. The number of carboxylic acid groups (broad SMARTS) is 1. The highest BCUT2D eigenvalue weighted by Crippen LogP contribution is 2.15. The van der Waals surface area contributed by atoms with Crippen LogP contribution in [0.5, 0.6) is 5.75 Å². The van der Waals surface area contributed by atoms with E-state index in [1.54, 1.807) is 24.3 Å². The number of aliphatic carboxylic acids is 1. The van der Waals surface area contributed by atoms with Crippen molar-refractivity contribution in [2.45, 2.75) is 6.42 Å². The van der Waals surface area contributed by atoms with Crippen LogP contribution in [0.1, 0.15) is 11.1 Å². The number of rotatable bonds is 7. The van der Waals surface area contributed by atoms with Gasteiger partial charge in [-0.15, -0.1) is 0 Å². The number of hydrogen-bond acceptors (Lipinski definition) is 4. The van der Waals surface area contributed by atoms with E-state index in [0.717, 1.165) is 10.0 Å². The number of ether oxygens (including phenoxy) is 1. The third kappa shape index (κ3) is 5.85. The molecule has 0 fully saturated rings. The van der Waals surface area contributed by atoms with Gasteiger partial charge in [-0.3, -0.25) is 4.79 Å². The molecule has 0 unspecified atom stereocenters. The lowest BCUT2D eigenvalue weighted by Gasteiger charge is -2.06. The van der Waals surface area contributed by atoms with Crippen LogP contribution in [0.4, 0.5) is 0 Å². The Balaban J connectivity index is 1.92. The van der Waals surface area contributed by atoms with E-state index in [4.69, 9.17) is 9.84 Å². The van der Waals surface area contributed by atoms with Crippen molar-refractivity contribution in [2.24, 2.45) is 5.10 Å². The predicted molar refractivity (Wildman–Crippen MR) is 93.2 cm³/mol. The first-order valence-corrected chi connectivity index (χ1v) is 7.84. The molecule has 0 aliphatic rings. The van der Waals surface area contributed by atoms with E-state index in [-0.39, 0.29) is 12.3 Å². The van der Waals surface area contributed by atoms with Crippen molar-refractivity contribution in [3.63, 3.8) is 0 Å². The van der Waals surface area contributed by atoms with Gasteiger partial charge in [0.25, 0.3) is 0 Å². The zero-order chi connectivity index (χ0) is 17.4. The summed E-state index contributed by atoms with van der Waals surface area (Å²) >= 11 is 3.34. The van der Waals surface area contributed by atoms with E-state index < -0.39 is 12.6 Å². The number of para-hydroxylation sites is 1. The maximum absolute atomic E-state index is 11.8. The van der Waals surface area contributed by atoms with Gasteiger partial charge in [0.2, 0.25) is 5.91 Å². The molecule has 0 bridgehead atoms. The first-order chi connectivity index (χ1) is 11.5. The molecule has 124 valence electrons. The number of nitrogens with one attached hydrogen (secondary N) is 1. The summed E-state index contributed by atoms with van der Waals surface area (Å²) in [5.74, 6) is -0.937. The fraction of sp³-hybridized carbons (Fsp3) is 0.118. The maximum Gasteiger partial charge on any atom is 0.341 e. The predicted octanol–water partition coefficient (Wildman–Crippen LogP) is 2.61. The summed E-state index contributed by atoms with van der Waals surface area (Å²) in [7, 11) is 0. The molecule has 0 heterocycles. The number of hydrazone groups is 1. The number of benzene rings is 2. The average Bonchev–Trinajstić information content (AvgIpc) is 2.56. The minimum atomic E-state index is -1.07. The number of carbonyl (C=O) groups excluding carboxylic acids is 1. The van der Waals surface area contributed by atoms with E-state index in [9.17, 15) is 9.59 Å². The van der Waals surface area contributed by atoms with Crippen molar-refractivity contribution in [3.05, 3.63) is 64.1 Å². The van der Waals surface area contributed by atoms with Gasteiger partial charge in [0.1, 0.15) is 5.75 Å². The van der Waals surface area contributed by atoms with Crippen LogP contribution < -0.4 is 10.2 Å². The molecule has 2 aromatic carbocycles. The second-order valence-electron chi connectivity index (χ2n) is 4.82. The largest absolute Gasteiger partial charge is 0.481 e. The minimum Gasteiger partial charge on any atom is -0.481 e. The molecule has 7 heteroatoms. The molecular formula is C17H15BrN2O4. The summed E-state index contributed by atoms with van der Waals surface area (Å²) in [4.78, 5) is 22.4. The van der Waals surface area contributed by atoms with E-state index in [1.807, 2.05) is 24.3 Å². The van der Waals surface area contributed by atoms with Gasteiger partial charge < -0.3 is 9.84 Å². The molecule has 0 atom stereocenters. The Labute approximate surface area is 147 Å². The van der Waals surface area contributed by atoms with E-state index in [0.29, 0.717) is 11.3 Å². The highest BCUT2D eigenvalue weighted by molar-refractivity contribution is 9.10. The molecule has 2 rings (SSSR count). The van der Waals surface area contributed by atoms with Gasteiger partial charge in [-0.25, -0.2) is 10.2 Å². The number of carboxylic acids is 1. The maximum atomic E-state index is 11.8. The van der Waals surface area contributed by atoms with Crippen LogP contribution in [0.15, 0.2) is 58.1 Å². The van der Waals surface area contributed by atoms with Crippen molar-refractivity contribution in [2.75, 3.05) is 6.61 Å². The summed E-state index contributed by atoms with van der Waals surface area (Å²) in [6, 6.07) is 14.3. The van der Waals surface area contributed by atoms with Crippen molar-refractivity contribution in [1.82, 2.24) is 5.43 Å². The molecule has 0 spiro atoms. The molecule has 2 aromatic rings. The molecule has 2 N–H and O–H groups in total. The monoisotopic (exact) mass is 390 g/mol. The second kappa shape index (κ2) is 8.83. The van der Waals surface area contributed by atoms with Crippen LogP contribution in [0.25, 0.3) is 0 Å². The second-order valence-corrected chi connectivity index (χ2v) is 5.73. The van der Waals surface area contributed by atoms with Gasteiger partial charge >= 0.3 is 5.97 Å². The molecule has 1 amide bonds. The van der Waals surface area contributed by atoms with Gasteiger partial charge in [0.05, 0.1) is 12.6 Å². The summed E-state index contributed by atoms with van der Waals surface area (Å²) < 4.78 is 6.10. The Morgan fingerprint density at radius 2 is 1.88 bits per heavy atom. The SMILES string of the molecule is O=C(O)COc1ccccc1/C=N/NC(=O)Cc1ccc(Br)cc1. The zero-order valence-electron chi connectivity index (χ0n) is 12.6. The quantitative estimate of drug-likeness (QED) is 0.561. The van der Waals surface area contributed by atoms with Crippen LogP contribution >= 0.6 is 15.9 Å². The molecule has 0 aliphatic carbocycles. The van der Waals surface area contributed by atoms with Crippen LogP contribution in [-0.4, -0.2) is 29.8 Å². The Bertz CT molecular complexity index is 745. The first-order valence-electron chi connectivity index (χ1n) is 7.04. The lowest BCUT2D eigenvalue weighted by molar-refractivity contribution is -0.139. The lowest BCUT2D eigenvalue weighted by atomic mass is 10.1. The smallest absolute Gasteiger partial charge is 0.341 e. The summed E-state index contributed by atoms with van der Waals surface area (Å²) in [6.07, 6.45) is 1.62. The van der Waals surface area contributed by atoms with Crippen molar-refractivity contribution in [3.8, 4) is 5.75 Å². The van der Waals surface area contributed by atoms with E-state index in [1.165, 1.54) is 6.21 Å². The fourth-order valence-corrected chi connectivity index (χ4v) is 2.12. The van der Waals surface area contributed by atoms with E-state index >= 15 is 0 Å². The van der Waals surface area contributed by atoms with Gasteiger partial charge in [-0.2, -0.15) is 5.10 Å². The van der Waals surface area contributed by atoms with Gasteiger partial charge in [-0.05, 0) is 29.8 Å². The molecular weight excluding hydrogens is 376 g/mol. The third-order valence-electron chi connectivity index (χ3n) is 2.94. The van der Waals surface area contributed by atoms with Crippen LogP contribution in [0.3, 0.4) is 0 Å². The van der Waals surface area contributed by atoms with Crippen LogP contribution in [0.2, 0.25) is 0 Å². The number of halogens is 1.